The van der Waals surface area contributed by atoms with Crippen molar-refractivity contribution in [1.82, 2.24) is 10.3 Å². The number of amides is 1. The van der Waals surface area contributed by atoms with Crippen LogP contribution >= 0.6 is 0 Å². The Balaban J connectivity index is 1.94. The molecule has 0 radical (unpaired) electrons. The number of nitrogens with one attached hydrogen (secondary N) is 1. The zero-order valence-corrected chi connectivity index (χ0v) is 15.5. The molecule has 28 heavy (non-hydrogen) atoms. The number of benzene rings is 1. The van der Waals surface area contributed by atoms with Gasteiger partial charge in [-0.3, -0.25) is 14.6 Å². The standard InChI is InChI=1S/C20H21F3N2O3/c1-13(26)11-17-12-16(7-9-24-17)14(2)25-19(27)15-3-5-18(6-4-15)28-10-8-20(21,22)23/h3-7,9,12,14H,8,10-11H2,1-2H3,(H,25,27). The summed E-state index contributed by atoms with van der Waals surface area (Å²) in [6.45, 7) is 2.81. The summed E-state index contributed by atoms with van der Waals surface area (Å²) in [5.41, 5.74) is 1.80. The molecule has 5 nitrogen and oxygen atoms in total. The molecule has 1 heterocycles. The molecule has 0 aliphatic rings. The number of ether oxygens (including phenoxy) is 1. The van der Waals surface area contributed by atoms with Crippen molar-refractivity contribution in [2.45, 2.75) is 38.9 Å². The second kappa shape index (κ2) is 9.34. The Kier molecular flexibility index (Phi) is 7.14. The molecule has 1 aromatic carbocycles. The smallest absolute Gasteiger partial charge is 0.392 e. The molecule has 2 aromatic rings. The molecule has 1 N–H and O–H groups in total. The molecular weight excluding hydrogens is 373 g/mol. The van der Waals surface area contributed by atoms with Crippen molar-refractivity contribution < 1.29 is 27.5 Å². The summed E-state index contributed by atoms with van der Waals surface area (Å²) in [5.74, 6) is -0.0741. The van der Waals surface area contributed by atoms with Gasteiger partial charge in [-0.2, -0.15) is 13.2 Å². The highest BCUT2D eigenvalue weighted by molar-refractivity contribution is 5.94. The van der Waals surface area contributed by atoms with Crippen molar-refractivity contribution in [3.05, 3.63) is 59.4 Å². The van der Waals surface area contributed by atoms with E-state index in [-0.39, 0.29) is 29.9 Å². The number of aromatic nitrogens is 1. The van der Waals surface area contributed by atoms with Crippen LogP contribution in [-0.2, 0) is 11.2 Å². The first-order valence-electron chi connectivity index (χ1n) is 8.69. The van der Waals surface area contributed by atoms with Crippen LogP contribution < -0.4 is 10.1 Å². The van der Waals surface area contributed by atoms with Gasteiger partial charge in [-0.1, -0.05) is 0 Å². The number of hydrogen-bond acceptors (Lipinski definition) is 4. The molecule has 0 saturated heterocycles. The first-order chi connectivity index (χ1) is 13.1. The van der Waals surface area contributed by atoms with Crippen LogP contribution in [0.2, 0.25) is 0 Å². The Morgan fingerprint density at radius 2 is 1.86 bits per heavy atom. The Hall–Kier alpha value is -2.90. The average molecular weight is 394 g/mol. The van der Waals surface area contributed by atoms with E-state index in [1.165, 1.54) is 31.2 Å². The summed E-state index contributed by atoms with van der Waals surface area (Å²) >= 11 is 0. The molecule has 1 atom stereocenters. The minimum absolute atomic E-state index is 0.00104. The van der Waals surface area contributed by atoms with Gasteiger partial charge in [0.25, 0.3) is 5.91 Å². The maximum atomic E-state index is 12.4. The van der Waals surface area contributed by atoms with Crippen LogP contribution in [0.15, 0.2) is 42.6 Å². The van der Waals surface area contributed by atoms with Crippen LogP contribution in [0, 0.1) is 0 Å². The maximum absolute atomic E-state index is 12.4. The second-order valence-electron chi connectivity index (χ2n) is 6.39. The zero-order valence-electron chi connectivity index (χ0n) is 15.5. The summed E-state index contributed by atoms with van der Waals surface area (Å²) in [6, 6.07) is 9.08. The van der Waals surface area contributed by atoms with Gasteiger partial charge in [0.15, 0.2) is 0 Å². The van der Waals surface area contributed by atoms with Crippen LogP contribution in [-0.4, -0.2) is 29.5 Å². The zero-order chi connectivity index (χ0) is 20.7. The monoisotopic (exact) mass is 394 g/mol. The van der Waals surface area contributed by atoms with E-state index in [9.17, 15) is 22.8 Å². The normalized spacial score (nSPS) is 12.3. The van der Waals surface area contributed by atoms with Gasteiger partial charge in [0.1, 0.15) is 11.5 Å². The average Bonchev–Trinajstić information content (AvgIpc) is 2.61. The first kappa shape index (κ1) is 21.4. The minimum atomic E-state index is -4.27. The van der Waals surface area contributed by atoms with Crippen LogP contribution in [0.25, 0.3) is 0 Å². The number of halogens is 3. The Morgan fingerprint density at radius 3 is 2.46 bits per heavy atom. The van der Waals surface area contributed by atoms with E-state index >= 15 is 0 Å². The number of ketones is 1. The molecule has 0 saturated carbocycles. The molecule has 1 unspecified atom stereocenters. The Labute approximate surface area is 160 Å². The third-order valence-corrected chi connectivity index (χ3v) is 3.89. The highest BCUT2D eigenvalue weighted by Crippen LogP contribution is 2.21. The van der Waals surface area contributed by atoms with E-state index in [1.54, 1.807) is 25.3 Å². The lowest BCUT2D eigenvalue weighted by atomic mass is 10.1. The van der Waals surface area contributed by atoms with Gasteiger partial charge in [0.05, 0.1) is 19.1 Å². The van der Waals surface area contributed by atoms with Crippen LogP contribution in [0.1, 0.15) is 47.9 Å². The molecule has 150 valence electrons. The number of alkyl halides is 3. The largest absolute Gasteiger partial charge is 0.493 e. The summed E-state index contributed by atoms with van der Waals surface area (Å²) in [7, 11) is 0. The van der Waals surface area contributed by atoms with Crippen molar-refractivity contribution in [2.75, 3.05) is 6.61 Å². The lowest BCUT2D eigenvalue weighted by Gasteiger charge is -2.15. The van der Waals surface area contributed by atoms with Crippen molar-refractivity contribution in [3.8, 4) is 5.75 Å². The van der Waals surface area contributed by atoms with Crippen LogP contribution in [0.5, 0.6) is 5.75 Å². The van der Waals surface area contributed by atoms with Gasteiger partial charge < -0.3 is 10.1 Å². The fraction of sp³-hybridized carbons (Fsp3) is 0.350. The fourth-order valence-electron chi connectivity index (χ4n) is 2.47. The number of hydrogen-bond donors (Lipinski definition) is 1. The Bertz CT molecular complexity index is 820. The molecule has 1 aromatic heterocycles. The quantitative estimate of drug-likeness (QED) is 0.734. The topological polar surface area (TPSA) is 68.3 Å². The summed E-state index contributed by atoms with van der Waals surface area (Å²) in [6.07, 6.45) is -3.49. The van der Waals surface area contributed by atoms with Crippen LogP contribution in [0.4, 0.5) is 13.2 Å². The molecule has 0 bridgehead atoms. The molecule has 0 fully saturated rings. The van der Waals surface area contributed by atoms with Crippen molar-refractivity contribution in [2.24, 2.45) is 0 Å². The molecule has 0 aliphatic heterocycles. The lowest BCUT2D eigenvalue weighted by Crippen LogP contribution is -2.26. The number of rotatable bonds is 8. The molecule has 0 spiro atoms. The van der Waals surface area contributed by atoms with Crippen LogP contribution in [0.3, 0.4) is 0 Å². The third-order valence-electron chi connectivity index (χ3n) is 3.89. The SMILES string of the molecule is CC(=O)Cc1cc(C(C)NC(=O)c2ccc(OCCC(F)(F)F)cc2)ccn1. The number of nitrogens with zero attached hydrogens (tertiary/aromatic N) is 1. The van der Waals surface area contributed by atoms with Gasteiger partial charge >= 0.3 is 6.18 Å². The van der Waals surface area contributed by atoms with Gasteiger partial charge in [-0.05, 0) is 55.8 Å². The number of carbonyl (C=O) groups is 2. The fourth-order valence-corrected chi connectivity index (χ4v) is 2.47. The van der Waals surface area contributed by atoms with E-state index in [0.29, 0.717) is 11.3 Å². The predicted molar refractivity (Wildman–Crippen MR) is 97.1 cm³/mol. The number of Topliss-reactive ketones (excluding diaryl/α,β-unsaturated/α-hetero) is 1. The minimum Gasteiger partial charge on any atom is -0.493 e. The lowest BCUT2D eigenvalue weighted by molar-refractivity contribution is -0.139. The number of carbonyl (C=O) groups excluding carboxylic acids is 2. The van der Waals surface area contributed by atoms with Gasteiger partial charge in [0, 0.05) is 23.9 Å². The second-order valence-corrected chi connectivity index (χ2v) is 6.39. The highest BCUT2D eigenvalue weighted by Gasteiger charge is 2.26. The summed E-state index contributed by atoms with van der Waals surface area (Å²) in [4.78, 5) is 27.7. The molecule has 8 heteroatoms. The molecule has 2 rings (SSSR count). The van der Waals surface area contributed by atoms with Gasteiger partial charge in [-0.25, -0.2) is 0 Å². The van der Waals surface area contributed by atoms with E-state index in [1.807, 2.05) is 0 Å². The summed E-state index contributed by atoms with van der Waals surface area (Å²) in [5, 5.41) is 2.83. The van der Waals surface area contributed by atoms with Gasteiger partial charge in [0.2, 0.25) is 0 Å². The molecule has 1 amide bonds. The van der Waals surface area contributed by atoms with E-state index in [2.05, 4.69) is 10.3 Å². The summed E-state index contributed by atoms with van der Waals surface area (Å²) < 4.78 is 41.4. The maximum Gasteiger partial charge on any atom is 0.392 e. The van der Waals surface area contributed by atoms with E-state index in [4.69, 9.17) is 4.74 Å². The van der Waals surface area contributed by atoms with Gasteiger partial charge in [-0.15, -0.1) is 0 Å². The van der Waals surface area contributed by atoms with Crippen molar-refractivity contribution in [3.63, 3.8) is 0 Å². The van der Waals surface area contributed by atoms with E-state index in [0.717, 1.165) is 5.56 Å². The third kappa shape index (κ3) is 7.02. The number of pyridine rings is 1. The molecule has 0 aliphatic carbocycles. The van der Waals surface area contributed by atoms with Crippen molar-refractivity contribution in [1.29, 1.82) is 0 Å². The van der Waals surface area contributed by atoms with Crippen molar-refractivity contribution >= 4 is 11.7 Å². The molecular formula is C20H21F3N2O3. The highest BCUT2D eigenvalue weighted by atomic mass is 19.4. The first-order valence-corrected chi connectivity index (χ1v) is 8.69. The Morgan fingerprint density at radius 1 is 1.18 bits per heavy atom. The predicted octanol–water partition coefficient (Wildman–Crippen LogP) is 4.04. The van der Waals surface area contributed by atoms with E-state index < -0.39 is 19.2 Å².